The molecule has 2 aromatic carbocycles. The van der Waals surface area contributed by atoms with E-state index in [4.69, 9.17) is 11.6 Å². The van der Waals surface area contributed by atoms with E-state index in [0.717, 1.165) is 33.2 Å². The number of amides is 2. The average molecular weight is 419 g/mol. The van der Waals surface area contributed by atoms with Gasteiger partial charge in [0, 0.05) is 29.9 Å². The Kier molecular flexibility index (Phi) is 8.87. The number of nitrogens with one attached hydrogen (secondary N) is 1. The van der Waals surface area contributed by atoms with Crippen molar-refractivity contribution < 1.29 is 9.59 Å². The van der Waals surface area contributed by atoms with Crippen molar-refractivity contribution in [1.29, 1.82) is 0 Å². The number of benzene rings is 2. The predicted octanol–water partition coefficient (Wildman–Crippen LogP) is 4.68. The highest BCUT2D eigenvalue weighted by atomic mass is 35.5. The monoisotopic (exact) mass is 418 g/mol. The third-order valence-corrected chi connectivity index (χ3v) is 5.98. The van der Waals surface area contributed by atoms with E-state index in [2.05, 4.69) is 5.32 Å². The summed E-state index contributed by atoms with van der Waals surface area (Å²) in [7, 11) is 1.60. The lowest BCUT2D eigenvalue weighted by Crippen LogP contribution is -2.46. The molecule has 2 rings (SSSR count). The van der Waals surface area contributed by atoms with Gasteiger partial charge in [-0.05, 0) is 61.4 Å². The summed E-state index contributed by atoms with van der Waals surface area (Å²) in [5, 5.41) is 3.36. The molecular formula is C22H27ClN2O2S. The fraction of sp³-hybridized carbons (Fsp3) is 0.364. The molecule has 0 radical (unpaired) electrons. The van der Waals surface area contributed by atoms with Crippen LogP contribution in [0.15, 0.2) is 53.4 Å². The van der Waals surface area contributed by atoms with Crippen LogP contribution in [-0.2, 0) is 16.1 Å². The molecule has 28 heavy (non-hydrogen) atoms. The predicted molar refractivity (Wildman–Crippen MR) is 117 cm³/mol. The van der Waals surface area contributed by atoms with Crippen LogP contribution in [-0.4, -0.2) is 35.6 Å². The Labute approximate surface area is 176 Å². The summed E-state index contributed by atoms with van der Waals surface area (Å²) in [4.78, 5) is 27.9. The molecule has 0 aromatic heterocycles. The number of aryl methyl sites for hydroxylation is 1. The molecule has 0 spiro atoms. The van der Waals surface area contributed by atoms with Crippen molar-refractivity contribution in [2.75, 3.05) is 12.8 Å². The van der Waals surface area contributed by atoms with Gasteiger partial charge in [-0.15, -0.1) is 11.8 Å². The van der Waals surface area contributed by atoms with Crippen LogP contribution in [0.3, 0.4) is 0 Å². The number of carbonyl (C=O) groups excluding carboxylic acids is 2. The molecule has 0 saturated heterocycles. The van der Waals surface area contributed by atoms with Gasteiger partial charge in [-0.3, -0.25) is 9.59 Å². The Morgan fingerprint density at radius 1 is 1.14 bits per heavy atom. The highest BCUT2D eigenvalue weighted by molar-refractivity contribution is 7.99. The van der Waals surface area contributed by atoms with Gasteiger partial charge >= 0.3 is 0 Å². The first-order valence-electron chi connectivity index (χ1n) is 9.36. The molecule has 1 unspecified atom stereocenters. The number of thioether (sulfide) groups is 1. The molecule has 4 nitrogen and oxygen atoms in total. The number of likely N-dealkylation sites (N-methyl/N-ethyl adjacent to an activating group) is 1. The van der Waals surface area contributed by atoms with E-state index in [9.17, 15) is 9.59 Å². The molecule has 150 valence electrons. The second kappa shape index (κ2) is 11.1. The maximum atomic E-state index is 12.9. The van der Waals surface area contributed by atoms with Crippen molar-refractivity contribution in [3.8, 4) is 0 Å². The summed E-state index contributed by atoms with van der Waals surface area (Å²) in [6.07, 6.45) is 1.16. The number of halogens is 1. The maximum absolute atomic E-state index is 12.9. The Bertz CT molecular complexity index is 795. The molecule has 0 fully saturated rings. The van der Waals surface area contributed by atoms with E-state index in [1.807, 2.05) is 55.5 Å². The molecular weight excluding hydrogens is 392 g/mol. The van der Waals surface area contributed by atoms with Crippen molar-refractivity contribution in [3.63, 3.8) is 0 Å². The lowest BCUT2D eigenvalue weighted by atomic mass is 10.1. The van der Waals surface area contributed by atoms with E-state index >= 15 is 0 Å². The molecule has 0 bridgehead atoms. The summed E-state index contributed by atoms with van der Waals surface area (Å²) in [6.45, 7) is 4.23. The fourth-order valence-electron chi connectivity index (χ4n) is 2.85. The third kappa shape index (κ3) is 6.57. The maximum Gasteiger partial charge on any atom is 0.242 e. The number of rotatable bonds is 9. The van der Waals surface area contributed by atoms with Crippen molar-refractivity contribution in [2.24, 2.45) is 0 Å². The van der Waals surface area contributed by atoms with E-state index in [-0.39, 0.29) is 11.8 Å². The van der Waals surface area contributed by atoms with Gasteiger partial charge in [0.25, 0.3) is 0 Å². The zero-order valence-electron chi connectivity index (χ0n) is 16.6. The van der Waals surface area contributed by atoms with Crippen LogP contribution in [0.4, 0.5) is 0 Å². The third-order valence-electron chi connectivity index (χ3n) is 4.63. The Balaban J connectivity index is 1.97. The zero-order chi connectivity index (χ0) is 20.5. The first-order valence-corrected chi connectivity index (χ1v) is 10.7. The molecule has 1 atom stereocenters. The summed E-state index contributed by atoms with van der Waals surface area (Å²) in [6, 6.07) is 15.1. The molecule has 0 heterocycles. The molecule has 1 N–H and O–H groups in total. The lowest BCUT2D eigenvalue weighted by Gasteiger charge is -2.29. The van der Waals surface area contributed by atoms with Gasteiger partial charge in [0.1, 0.15) is 6.04 Å². The topological polar surface area (TPSA) is 49.4 Å². The minimum atomic E-state index is -0.513. The molecule has 0 aliphatic rings. The number of hydrogen-bond donors (Lipinski definition) is 1. The van der Waals surface area contributed by atoms with E-state index in [0.29, 0.717) is 13.0 Å². The Morgan fingerprint density at radius 2 is 1.82 bits per heavy atom. The van der Waals surface area contributed by atoms with Gasteiger partial charge in [-0.25, -0.2) is 0 Å². The van der Waals surface area contributed by atoms with Crippen LogP contribution >= 0.6 is 23.4 Å². The largest absolute Gasteiger partial charge is 0.357 e. The van der Waals surface area contributed by atoms with E-state index < -0.39 is 6.04 Å². The summed E-state index contributed by atoms with van der Waals surface area (Å²) in [5.74, 6) is 0.675. The van der Waals surface area contributed by atoms with Crippen LogP contribution in [0.1, 0.15) is 30.9 Å². The van der Waals surface area contributed by atoms with Gasteiger partial charge in [-0.2, -0.15) is 0 Å². The van der Waals surface area contributed by atoms with E-state index in [1.165, 1.54) is 0 Å². The minimum absolute atomic E-state index is 0.00365. The van der Waals surface area contributed by atoms with E-state index in [1.54, 1.807) is 30.6 Å². The van der Waals surface area contributed by atoms with Gasteiger partial charge < -0.3 is 10.2 Å². The molecule has 2 aromatic rings. The molecule has 0 saturated carbocycles. The van der Waals surface area contributed by atoms with Crippen LogP contribution in [0.2, 0.25) is 5.02 Å². The van der Waals surface area contributed by atoms with Crippen molar-refractivity contribution in [3.05, 3.63) is 64.7 Å². The molecule has 0 aliphatic carbocycles. The molecule has 6 heteroatoms. The quantitative estimate of drug-likeness (QED) is 0.475. The SMILES string of the molecule is CNC(=O)C(C)N(Cc1ccccc1C)C(=O)CCCSc1ccc(Cl)cc1. The Hall–Kier alpha value is -1.98. The standard InChI is InChI=1S/C22H27ClN2O2S/c1-16-7-4-5-8-18(16)15-25(17(2)22(27)24-3)21(26)9-6-14-28-20-12-10-19(23)11-13-20/h4-5,7-8,10-13,17H,6,9,14-15H2,1-3H3,(H,24,27). The zero-order valence-corrected chi connectivity index (χ0v) is 18.1. The highest BCUT2D eigenvalue weighted by Gasteiger charge is 2.25. The first-order chi connectivity index (χ1) is 13.4. The Morgan fingerprint density at radius 3 is 2.46 bits per heavy atom. The number of carbonyl (C=O) groups is 2. The number of nitrogens with zero attached hydrogens (tertiary/aromatic N) is 1. The first kappa shape index (κ1) is 22.3. The van der Waals surface area contributed by atoms with Gasteiger partial charge in [-0.1, -0.05) is 35.9 Å². The van der Waals surface area contributed by atoms with Crippen molar-refractivity contribution >= 4 is 35.2 Å². The highest BCUT2D eigenvalue weighted by Crippen LogP contribution is 2.22. The minimum Gasteiger partial charge on any atom is -0.357 e. The summed E-state index contributed by atoms with van der Waals surface area (Å²) >= 11 is 7.60. The normalized spacial score (nSPS) is 11.7. The van der Waals surface area contributed by atoms with Crippen LogP contribution in [0.5, 0.6) is 0 Å². The molecule has 0 aliphatic heterocycles. The number of hydrogen-bond acceptors (Lipinski definition) is 3. The lowest BCUT2D eigenvalue weighted by molar-refractivity contribution is -0.140. The average Bonchev–Trinajstić information content (AvgIpc) is 2.70. The van der Waals surface area contributed by atoms with Crippen molar-refractivity contribution in [2.45, 2.75) is 44.2 Å². The van der Waals surface area contributed by atoms with Crippen LogP contribution < -0.4 is 5.32 Å². The fourth-order valence-corrected chi connectivity index (χ4v) is 3.83. The van der Waals surface area contributed by atoms with Crippen LogP contribution in [0.25, 0.3) is 0 Å². The van der Waals surface area contributed by atoms with Crippen LogP contribution in [0, 0.1) is 6.92 Å². The summed E-state index contributed by atoms with van der Waals surface area (Å²) < 4.78 is 0. The second-order valence-corrected chi connectivity index (χ2v) is 8.25. The van der Waals surface area contributed by atoms with Gasteiger partial charge in [0.2, 0.25) is 11.8 Å². The summed E-state index contributed by atoms with van der Waals surface area (Å²) in [5.41, 5.74) is 2.17. The molecule has 2 amide bonds. The van der Waals surface area contributed by atoms with Gasteiger partial charge in [0.15, 0.2) is 0 Å². The van der Waals surface area contributed by atoms with Gasteiger partial charge in [0.05, 0.1) is 0 Å². The van der Waals surface area contributed by atoms with Crippen molar-refractivity contribution in [1.82, 2.24) is 10.2 Å². The smallest absolute Gasteiger partial charge is 0.242 e. The second-order valence-electron chi connectivity index (χ2n) is 6.64.